The molecule has 0 fully saturated rings. The zero-order valence-electron chi connectivity index (χ0n) is 10.2. The van der Waals surface area contributed by atoms with E-state index in [1.165, 1.54) is 12.1 Å². The van der Waals surface area contributed by atoms with E-state index in [1.54, 1.807) is 12.1 Å². The summed E-state index contributed by atoms with van der Waals surface area (Å²) in [5.74, 6) is 0. The van der Waals surface area contributed by atoms with Gasteiger partial charge in [0, 0.05) is 18.6 Å². The monoisotopic (exact) mass is 233 g/mol. The summed E-state index contributed by atoms with van der Waals surface area (Å²) in [4.78, 5) is 11.9. The first-order valence-electron chi connectivity index (χ1n) is 5.21. The van der Waals surface area contributed by atoms with Gasteiger partial charge in [0.15, 0.2) is 0 Å². The smallest absolute Gasteiger partial charge is 0.269 e. The zero-order valence-corrected chi connectivity index (χ0v) is 10.2. The number of benzene rings is 1. The summed E-state index contributed by atoms with van der Waals surface area (Å²) < 4.78 is 0. The fourth-order valence-corrected chi connectivity index (χ4v) is 1.43. The van der Waals surface area contributed by atoms with E-state index in [0.717, 1.165) is 5.56 Å². The van der Waals surface area contributed by atoms with Crippen LogP contribution in [0.2, 0.25) is 0 Å². The number of likely N-dealkylation sites (N-methyl/N-ethyl adjacent to an activating group) is 1. The second kappa shape index (κ2) is 4.93. The van der Waals surface area contributed by atoms with Gasteiger partial charge in [-0.1, -0.05) is 12.1 Å². The molecule has 1 aromatic carbocycles. The van der Waals surface area contributed by atoms with Gasteiger partial charge in [0.25, 0.3) is 5.69 Å². The minimum atomic E-state index is -0.601. The summed E-state index contributed by atoms with van der Waals surface area (Å²) in [5.41, 5.74) is 0.376. The first-order chi connectivity index (χ1) is 7.89. The minimum absolute atomic E-state index is 0.0669. The number of non-ortho nitro benzene ring substituents is 1. The average molecular weight is 233 g/mol. The zero-order chi connectivity index (χ0) is 13.1. The molecule has 17 heavy (non-hydrogen) atoms. The average Bonchev–Trinajstić information content (AvgIpc) is 2.29. The maximum Gasteiger partial charge on any atom is 0.269 e. The Kier molecular flexibility index (Phi) is 3.81. The molecule has 0 aliphatic carbocycles. The van der Waals surface area contributed by atoms with Crippen LogP contribution in [0, 0.1) is 21.4 Å². The van der Waals surface area contributed by atoms with Crippen LogP contribution >= 0.6 is 0 Å². The van der Waals surface area contributed by atoms with Gasteiger partial charge in [0.05, 0.1) is 11.0 Å². The predicted molar refractivity (Wildman–Crippen MR) is 64.5 cm³/mol. The fraction of sp³-hybridized carbons (Fsp3) is 0.417. The molecule has 0 radical (unpaired) electrons. The van der Waals surface area contributed by atoms with Crippen LogP contribution < -0.4 is 0 Å². The number of nitriles is 1. The summed E-state index contributed by atoms with van der Waals surface area (Å²) in [6, 6.07) is 8.56. The van der Waals surface area contributed by atoms with E-state index in [1.807, 2.05) is 25.9 Å². The minimum Gasteiger partial charge on any atom is -0.292 e. The van der Waals surface area contributed by atoms with Gasteiger partial charge in [-0.3, -0.25) is 15.0 Å². The molecular weight excluding hydrogens is 218 g/mol. The van der Waals surface area contributed by atoms with Gasteiger partial charge in [-0.15, -0.1) is 0 Å². The van der Waals surface area contributed by atoms with Gasteiger partial charge in [0.1, 0.15) is 5.54 Å². The second-order valence-electron chi connectivity index (χ2n) is 4.38. The molecule has 1 aromatic rings. The first-order valence-corrected chi connectivity index (χ1v) is 5.21. The quantitative estimate of drug-likeness (QED) is 0.589. The standard InChI is InChI=1S/C12H15N3O2/c1-12(9-13,14(2)3)8-10-4-6-11(7-5-10)15(16)17/h4-7H,8H2,1-3H3. The van der Waals surface area contributed by atoms with Crippen molar-refractivity contribution in [3.63, 3.8) is 0 Å². The molecule has 0 amide bonds. The van der Waals surface area contributed by atoms with Crippen molar-refractivity contribution >= 4 is 5.69 Å². The van der Waals surface area contributed by atoms with Gasteiger partial charge >= 0.3 is 0 Å². The van der Waals surface area contributed by atoms with Crippen molar-refractivity contribution < 1.29 is 4.92 Å². The highest BCUT2D eigenvalue weighted by atomic mass is 16.6. The normalized spacial score (nSPS) is 14.1. The van der Waals surface area contributed by atoms with Crippen LogP contribution in [0.5, 0.6) is 0 Å². The van der Waals surface area contributed by atoms with Crippen molar-refractivity contribution in [1.29, 1.82) is 5.26 Å². The Morgan fingerprint density at radius 2 is 1.94 bits per heavy atom. The molecule has 0 saturated heterocycles. The van der Waals surface area contributed by atoms with Crippen LogP contribution in [-0.2, 0) is 6.42 Å². The highest BCUT2D eigenvalue weighted by Crippen LogP contribution is 2.19. The Labute approximate surface area is 100 Å². The Balaban J connectivity index is 2.89. The molecule has 0 N–H and O–H groups in total. The van der Waals surface area contributed by atoms with E-state index >= 15 is 0 Å². The predicted octanol–water partition coefficient (Wildman–Crippen LogP) is 1.98. The maximum atomic E-state index is 10.5. The molecule has 0 bridgehead atoms. The van der Waals surface area contributed by atoms with Gasteiger partial charge in [-0.2, -0.15) is 5.26 Å². The van der Waals surface area contributed by atoms with Gasteiger partial charge in [-0.25, -0.2) is 0 Å². The van der Waals surface area contributed by atoms with E-state index in [-0.39, 0.29) is 5.69 Å². The first kappa shape index (κ1) is 13.1. The number of rotatable bonds is 4. The van der Waals surface area contributed by atoms with E-state index in [9.17, 15) is 10.1 Å². The molecule has 5 heteroatoms. The van der Waals surface area contributed by atoms with E-state index in [4.69, 9.17) is 5.26 Å². The number of nitrogens with zero attached hydrogens (tertiary/aromatic N) is 3. The number of nitro groups is 1. The van der Waals surface area contributed by atoms with E-state index in [2.05, 4.69) is 6.07 Å². The second-order valence-corrected chi connectivity index (χ2v) is 4.38. The topological polar surface area (TPSA) is 70.2 Å². The van der Waals surface area contributed by atoms with Crippen molar-refractivity contribution in [3.05, 3.63) is 39.9 Å². The summed E-state index contributed by atoms with van der Waals surface area (Å²) >= 11 is 0. The van der Waals surface area contributed by atoms with Crippen LogP contribution in [0.4, 0.5) is 5.69 Å². The molecular formula is C12H15N3O2. The summed E-state index contributed by atoms with van der Waals surface area (Å²) in [6.45, 7) is 1.84. The van der Waals surface area contributed by atoms with Crippen molar-refractivity contribution in [2.45, 2.75) is 18.9 Å². The summed E-state index contributed by atoms with van der Waals surface area (Å²) in [5, 5.41) is 19.7. The SMILES string of the molecule is CN(C)C(C)(C#N)Cc1ccc([N+](=O)[O-])cc1. The Hall–Kier alpha value is -1.93. The van der Waals surface area contributed by atoms with E-state index in [0.29, 0.717) is 6.42 Å². The van der Waals surface area contributed by atoms with Gasteiger partial charge in [-0.05, 0) is 26.6 Å². The van der Waals surface area contributed by atoms with Crippen molar-refractivity contribution in [2.75, 3.05) is 14.1 Å². The van der Waals surface area contributed by atoms with Gasteiger partial charge < -0.3 is 0 Å². The third-order valence-corrected chi connectivity index (χ3v) is 2.92. The van der Waals surface area contributed by atoms with Crippen LogP contribution in [0.25, 0.3) is 0 Å². The van der Waals surface area contributed by atoms with Gasteiger partial charge in [0.2, 0.25) is 0 Å². The Morgan fingerprint density at radius 1 is 1.41 bits per heavy atom. The summed E-state index contributed by atoms with van der Waals surface area (Å²) in [7, 11) is 3.68. The molecule has 0 heterocycles. The summed E-state index contributed by atoms with van der Waals surface area (Å²) in [6.07, 6.45) is 0.536. The number of hydrogen-bond acceptors (Lipinski definition) is 4. The fourth-order valence-electron chi connectivity index (χ4n) is 1.43. The maximum absolute atomic E-state index is 10.5. The molecule has 1 unspecified atom stereocenters. The lowest BCUT2D eigenvalue weighted by Gasteiger charge is -2.29. The van der Waals surface area contributed by atoms with Crippen LogP contribution in [0.3, 0.4) is 0 Å². The molecule has 5 nitrogen and oxygen atoms in total. The lowest BCUT2D eigenvalue weighted by atomic mass is 9.93. The molecule has 0 spiro atoms. The lowest BCUT2D eigenvalue weighted by molar-refractivity contribution is -0.384. The highest BCUT2D eigenvalue weighted by Gasteiger charge is 2.26. The van der Waals surface area contributed by atoms with Crippen molar-refractivity contribution in [2.24, 2.45) is 0 Å². The lowest BCUT2D eigenvalue weighted by Crippen LogP contribution is -2.41. The Morgan fingerprint density at radius 3 is 2.29 bits per heavy atom. The molecule has 1 atom stereocenters. The number of hydrogen-bond donors (Lipinski definition) is 0. The number of nitro benzene ring substituents is 1. The molecule has 0 aliphatic heterocycles. The van der Waals surface area contributed by atoms with E-state index < -0.39 is 10.5 Å². The van der Waals surface area contributed by atoms with Crippen LogP contribution in [0.15, 0.2) is 24.3 Å². The molecule has 0 saturated carbocycles. The molecule has 1 rings (SSSR count). The largest absolute Gasteiger partial charge is 0.292 e. The van der Waals surface area contributed by atoms with Crippen molar-refractivity contribution in [1.82, 2.24) is 4.90 Å². The third-order valence-electron chi connectivity index (χ3n) is 2.92. The molecule has 0 aliphatic rings. The third kappa shape index (κ3) is 3.02. The highest BCUT2D eigenvalue weighted by molar-refractivity contribution is 5.34. The Bertz CT molecular complexity index is 448. The van der Waals surface area contributed by atoms with Crippen LogP contribution in [0.1, 0.15) is 12.5 Å². The van der Waals surface area contributed by atoms with Crippen molar-refractivity contribution in [3.8, 4) is 6.07 Å². The molecule has 90 valence electrons. The molecule has 0 aromatic heterocycles. The van der Waals surface area contributed by atoms with Crippen LogP contribution in [-0.4, -0.2) is 29.5 Å².